The third-order valence-corrected chi connectivity index (χ3v) is 7.73. The summed E-state index contributed by atoms with van der Waals surface area (Å²) in [5.74, 6) is -1.72. The highest BCUT2D eigenvalue weighted by Crippen LogP contribution is 2.37. The lowest BCUT2D eigenvalue weighted by Crippen LogP contribution is -2.17. The highest BCUT2D eigenvalue weighted by atomic mass is 35.5. The second-order valence-electron chi connectivity index (χ2n) is 6.26. The molecule has 27 heavy (non-hydrogen) atoms. The smallest absolute Gasteiger partial charge is 0.186 e. The quantitative estimate of drug-likeness (QED) is 0.577. The molecule has 0 radical (unpaired) electrons. The van der Waals surface area contributed by atoms with Crippen LogP contribution in [0.25, 0.3) is 0 Å². The van der Waals surface area contributed by atoms with Crippen molar-refractivity contribution in [2.24, 2.45) is 0 Å². The molecule has 0 aliphatic rings. The van der Waals surface area contributed by atoms with E-state index in [0.717, 1.165) is 24.5 Å². The average molecular weight is 437 g/mol. The van der Waals surface area contributed by atoms with Crippen LogP contribution in [-0.4, -0.2) is 28.8 Å². The van der Waals surface area contributed by atoms with Crippen molar-refractivity contribution in [3.05, 3.63) is 64.7 Å². The van der Waals surface area contributed by atoms with Crippen molar-refractivity contribution >= 4 is 31.3 Å². The number of halogens is 3. The summed E-state index contributed by atoms with van der Waals surface area (Å²) in [5, 5.41) is -1.40. The van der Waals surface area contributed by atoms with Crippen LogP contribution in [0.4, 0.5) is 8.78 Å². The van der Waals surface area contributed by atoms with Crippen LogP contribution in [-0.2, 0) is 19.7 Å². The molecule has 0 amide bonds. The lowest BCUT2D eigenvalue weighted by Gasteiger charge is -2.20. The number of rotatable bonds is 8. The minimum atomic E-state index is -4.13. The lowest BCUT2D eigenvalue weighted by atomic mass is 10.1. The second kappa shape index (κ2) is 8.67. The minimum Gasteiger partial charge on any atom is -0.229 e. The molecule has 0 saturated carbocycles. The highest BCUT2D eigenvalue weighted by Gasteiger charge is 2.32. The number of hydrogen-bond donors (Lipinski definition) is 0. The van der Waals surface area contributed by atoms with Gasteiger partial charge in [-0.15, -0.1) is 0 Å². The van der Waals surface area contributed by atoms with Crippen LogP contribution in [0.3, 0.4) is 0 Å². The van der Waals surface area contributed by atoms with Crippen molar-refractivity contribution in [2.75, 3.05) is 12.0 Å². The van der Waals surface area contributed by atoms with E-state index in [9.17, 15) is 25.6 Å². The maximum absolute atomic E-state index is 14.3. The van der Waals surface area contributed by atoms with Crippen molar-refractivity contribution in [3.63, 3.8) is 0 Å². The topological polar surface area (TPSA) is 68.3 Å². The molecule has 4 nitrogen and oxygen atoms in total. The number of benzene rings is 2. The van der Waals surface area contributed by atoms with Crippen LogP contribution in [0.5, 0.6) is 0 Å². The highest BCUT2D eigenvalue weighted by molar-refractivity contribution is 7.91. The lowest BCUT2D eigenvalue weighted by molar-refractivity contribution is 0.543. The molecule has 0 saturated heterocycles. The van der Waals surface area contributed by atoms with Crippen molar-refractivity contribution in [2.45, 2.75) is 29.4 Å². The molecule has 2 rings (SSSR count). The van der Waals surface area contributed by atoms with Crippen LogP contribution < -0.4 is 0 Å². The minimum absolute atomic E-state index is 0.0181. The Morgan fingerprint density at radius 2 is 1.67 bits per heavy atom. The first kappa shape index (κ1) is 21.8. The summed E-state index contributed by atoms with van der Waals surface area (Å²) in [6, 6.07) is 8.38. The summed E-state index contributed by atoms with van der Waals surface area (Å²) < 4.78 is 76.7. The monoisotopic (exact) mass is 436 g/mol. The van der Waals surface area contributed by atoms with Crippen molar-refractivity contribution in [1.29, 1.82) is 0 Å². The SMILES string of the molecule is CS(=O)(=O)CCCCC(c1cc(F)ccc1F)S(=O)(=O)c1ccccc1Cl. The molecule has 0 aromatic heterocycles. The molecule has 148 valence electrons. The number of unbranched alkanes of at least 4 members (excludes halogenated alkanes) is 1. The summed E-state index contributed by atoms with van der Waals surface area (Å²) in [5.41, 5.74) is -0.297. The van der Waals surface area contributed by atoms with Crippen LogP contribution in [0.15, 0.2) is 47.4 Å². The first-order chi connectivity index (χ1) is 12.5. The van der Waals surface area contributed by atoms with E-state index in [1.54, 1.807) is 6.07 Å². The van der Waals surface area contributed by atoms with Gasteiger partial charge in [-0.3, -0.25) is 0 Å². The third kappa shape index (κ3) is 5.73. The van der Waals surface area contributed by atoms with Crippen molar-refractivity contribution in [3.8, 4) is 0 Å². The average Bonchev–Trinajstić information content (AvgIpc) is 2.56. The Bertz CT molecular complexity index is 1020. The first-order valence-corrected chi connectivity index (χ1v) is 12.1. The van der Waals surface area contributed by atoms with Gasteiger partial charge in [0.05, 0.1) is 15.2 Å². The summed E-state index contributed by atoms with van der Waals surface area (Å²) in [6.45, 7) is 0. The van der Waals surface area contributed by atoms with Crippen molar-refractivity contribution in [1.82, 2.24) is 0 Å². The summed E-state index contributed by atoms with van der Waals surface area (Å²) in [4.78, 5) is -0.177. The van der Waals surface area contributed by atoms with Gasteiger partial charge in [-0.25, -0.2) is 25.6 Å². The standard InChI is InChI=1S/C18H19ClF2O4S2/c1-26(22,23)11-5-4-7-17(14-12-13(20)9-10-16(14)21)27(24,25)18-8-3-2-6-15(18)19/h2-3,6,8-10,12,17H,4-5,7,11H2,1H3. The van der Waals surface area contributed by atoms with Crippen molar-refractivity contribution < 1.29 is 25.6 Å². The Hall–Kier alpha value is -1.51. The van der Waals surface area contributed by atoms with Gasteiger partial charge in [0.1, 0.15) is 21.5 Å². The van der Waals surface area contributed by atoms with E-state index >= 15 is 0 Å². The van der Waals surface area contributed by atoms with Gasteiger partial charge >= 0.3 is 0 Å². The van der Waals surface area contributed by atoms with Gasteiger partial charge in [0.2, 0.25) is 0 Å². The molecule has 1 atom stereocenters. The Kier molecular flexibility index (Phi) is 6.99. The second-order valence-corrected chi connectivity index (χ2v) is 11.0. The van der Waals surface area contributed by atoms with Gasteiger partial charge in [-0.1, -0.05) is 30.2 Å². The zero-order valence-electron chi connectivity index (χ0n) is 14.5. The van der Waals surface area contributed by atoms with Crippen LogP contribution in [0.2, 0.25) is 5.02 Å². The van der Waals surface area contributed by atoms with E-state index < -0.39 is 36.6 Å². The van der Waals surface area contributed by atoms with E-state index in [-0.39, 0.29) is 40.5 Å². The van der Waals surface area contributed by atoms with Gasteiger partial charge in [-0.05, 0) is 43.2 Å². The van der Waals surface area contributed by atoms with E-state index in [1.807, 2.05) is 0 Å². The summed E-state index contributed by atoms with van der Waals surface area (Å²) in [6.07, 6.45) is 1.43. The maximum atomic E-state index is 14.3. The summed E-state index contributed by atoms with van der Waals surface area (Å²) in [7, 11) is -7.33. The maximum Gasteiger partial charge on any atom is 0.186 e. The van der Waals surface area contributed by atoms with Gasteiger partial charge < -0.3 is 0 Å². The Balaban J connectivity index is 2.43. The molecular formula is C18H19ClF2O4S2. The van der Waals surface area contributed by atoms with E-state index in [2.05, 4.69) is 0 Å². The van der Waals surface area contributed by atoms with E-state index in [4.69, 9.17) is 11.6 Å². The van der Waals surface area contributed by atoms with Gasteiger partial charge in [0, 0.05) is 17.6 Å². The van der Waals surface area contributed by atoms with Crippen LogP contribution in [0.1, 0.15) is 30.1 Å². The largest absolute Gasteiger partial charge is 0.229 e. The summed E-state index contributed by atoms with van der Waals surface area (Å²) >= 11 is 6.01. The predicted molar refractivity (Wildman–Crippen MR) is 101 cm³/mol. The van der Waals surface area contributed by atoms with Crippen LogP contribution >= 0.6 is 11.6 Å². The molecule has 2 aromatic rings. The number of hydrogen-bond acceptors (Lipinski definition) is 4. The molecule has 0 aliphatic heterocycles. The Labute approximate surface area is 163 Å². The molecule has 0 aliphatic carbocycles. The number of sulfone groups is 2. The van der Waals surface area contributed by atoms with Gasteiger partial charge in [0.25, 0.3) is 0 Å². The molecule has 0 fully saturated rings. The molecule has 0 N–H and O–H groups in total. The van der Waals surface area contributed by atoms with E-state index in [1.165, 1.54) is 18.2 Å². The van der Waals surface area contributed by atoms with Gasteiger partial charge in [-0.2, -0.15) is 0 Å². The molecule has 2 aromatic carbocycles. The zero-order valence-corrected chi connectivity index (χ0v) is 16.9. The molecule has 1 unspecified atom stereocenters. The zero-order chi connectivity index (χ0) is 20.2. The normalized spacial score (nSPS) is 13.5. The third-order valence-electron chi connectivity index (χ3n) is 4.05. The molecule has 9 heteroatoms. The fourth-order valence-corrected chi connectivity index (χ4v) is 5.86. The van der Waals surface area contributed by atoms with Gasteiger partial charge in [0.15, 0.2) is 9.84 Å². The van der Waals surface area contributed by atoms with E-state index in [0.29, 0.717) is 0 Å². The molecular weight excluding hydrogens is 418 g/mol. The van der Waals surface area contributed by atoms with Crippen LogP contribution in [0, 0.1) is 11.6 Å². The predicted octanol–water partition coefficient (Wildman–Crippen LogP) is 4.35. The Morgan fingerprint density at radius 1 is 1.00 bits per heavy atom. The molecule has 0 heterocycles. The molecule has 0 spiro atoms. The first-order valence-electron chi connectivity index (χ1n) is 8.13. The fourth-order valence-electron chi connectivity index (χ4n) is 2.76. The fraction of sp³-hybridized carbons (Fsp3) is 0.333. The molecule has 0 bridgehead atoms. The Morgan fingerprint density at radius 3 is 2.30 bits per heavy atom.